The lowest BCUT2D eigenvalue weighted by Crippen LogP contribution is -2.07. The monoisotopic (exact) mass is 253 g/mol. The van der Waals surface area contributed by atoms with Crippen molar-refractivity contribution in [3.63, 3.8) is 0 Å². The molecular weight excluding hydrogens is 234 g/mol. The molecule has 19 heavy (non-hydrogen) atoms. The Labute approximate surface area is 114 Å². The van der Waals surface area contributed by atoms with Crippen molar-refractivity contribution in [1.29, 1.82) is 0 Å². The van der Waals surface area contributed by atoms with Gasteiger partial charge in [-0.25, -0.2) is 0 Å². The van der Waals surface area contributed by atoms with E-state index in [1.54, 1.807) is 7.11 Å². The molecule has 0 heterocycles. The van der Waals surface area contributed by atoms with Gasteiger partial charge in [0.2, 0.25) is 0 Å². The Hall–Kier alpha value is -2.22. The van der Waals surface area contributed by atoms with Crippen LogP contribution in [-0.4, -0.2) is 21.2 Å². The second-order valence-electron chi connectivity index (χ2n) is 4.59. The van der Waals surface area contributed by atoms with Crippen molar-refractivity contribution < 1.29 is 4.74 Å². The molecule has 0 fully saturated rings. The van der Waals surface area contributed by atoms with Crippen LogP contribution in [0.5, 0.6) is 5.75 Å². The fraction of sp³-hybridized carbons (Fsp3) is 0.176. The number of benzene rings is 2. The third-order valence-corrected chi connectivity index (χ3v) is 2.99. The number of methoxy groups -OCH3 is 1. The van der Waals surface area contributed by atoms with Crippen molar-refractivity contribution in [1.82, 2.24) is 0 Å². The Morgan fingerprint density at radius 2 is 1.26 bits per heavy atom. The summed E-state index contributed by atoms with van der Waals surface area (Å²) in [5.41, 5.74) is 3.57. The predicted octanol–water partition coefficient (Wildman–Crippen LogP) is 3.93. The number of ether oxygens (including phenoxy) is 1. The van der Waals surface area contributed by atoms with E-state index in [9.17, 15) is 0 Å². The molecule has 0 aliphatic heterocycles. The average molecular weight is 253 g/mol. The first kappa shape index (κ1) is 13.2. The number of hydrogen-bond acceptors (Lipinski definition) is 2. The van der Waals surface area contributed by atoms with Crippen molar-refractivity contribution >= 4 is 17.8 Å². The molecule has 0 unspecified atom stereocenters. The number of rotatable bonds is 4. The zero-order valence-corrected chi connectivity index (χ0v) is 11.6. The van der Waals surface area contributed by atoms with Gasteiger partial charge in [0.1, 0.15) is 5.75 Å². The lowest BCUT2D eigenvalue weighted by atomic mass is 10.1. The van der Waals surface area contributed by atoms with E-state index < -0.39 is 0 Å². The van der Waals surface area contributed by atoms with Crippen molar-refractivity contribution in [2.45, 2.75) is 0 Å². The highest BCUT2D eigenvalue weighted by Crippen LogP contribution is 2.16. The van der Waals surface area contributed by atoms with E-state index >= 15 is 0 Å². The van der Waals surface area contributed by atoms with Crippen LogP contribution >= 0.6 is 0 Å². The van der Waals surface area contributed by atoms with Crippen LogP contribution in [0.3, 0.4) is 0 Å². The number of nitrogens with zero attached hydrogens (tertiary/aromatic N) is 1. The summed E-state index contributed by atoms with van der Waals surface area (Å²) in [6.07, 6.45) is 4.21. The summed E-state index contributed by atoms with van der Waals surface area (Å²) < 4.78 is 5.14. The van der Waals surface area contributed by atoms with Gasteiger partial charge in [-0.3, -0.25) is 0 Å². The maximum atomic E-state index is 5.14. The summed E-state index contributed by atoms with van der Waals surface area (Å²) in [7, 11) is 5.77. The van der Waals surface area contributed by atoms with Crippen LogP contribution in [0.15, 0.2) is 48.5 Å². The van der Waals surface area contributed by atoms with E-state index in [0.29, 0.717) is 0 Å². The molecule has 0 spiro atoms. The predicted molar refractivity (Wildman–Crippen MR) is 82.7 cm³/mol. The van der Waals surface area contributed by atoms with Crippen molar-refractivity contribution in [3.8, 4) is 5.75 Å². The average Bonchev–Trinajstić information content (AvgIpc) is 2.46. The summed E-state index contributed by atoms with van der Waals surface area (Å²) >= 11 is 0. The van der Waals surface area contributed by atoms with E-state index in [1.807, 2.05) is 38.4 Å². The van der Waals surface area contributed by atoms with E-state index in [-0.39, 0.29) is 0 Å². The van der Waals surface area contributed by atoms with Crippen LogP contribution in [0.4, 0.5) is 5.69 Å². The first-order valence-corrected chi connectivity index (χ1v) is 6.28. The fourth-order valence-corrected chi connectivity index (χ4v) is 1.79. The van der Waals surface area contributed by atoms with Gasteiger partial charge < -0.3 is 9.64 Å². The molecule has 0 aromatic heterocycles. The van der Waals surface area contributed by atoms with Crippen LogP contribution in [-0.2, 0) is 0 Å². The van der Waals surface area contributed by atoms with E-state index in [2.05, 4.69) is 41.3 Å². The smallest absolute Gasteiger partial charge is 0.118 e. The highest BCUT2D eigenvalue weighted by atomic mass is 16.5. The van der Waals surface area contributed by atoms with E-state index in [4.69, 9.17) is 4.74 Å². The summed E-state index contributed by atoms with van der Waals surface area (Å²) in [5, 5.41) is 0. The minimum absolute atomic E-state index is 0.882. The van der Waals surface area contributed by atoms with Crippen LogP contribution < -0.4 is 9.64 Å². The summed E-state index contributed by atoms with van der Waals surface area (Å²) in [5.74, 6) is 0.882. The Morgan fingerprint density at radius 1 is 0.789 bits per heavy atom. The molecule has 98 valence electrons. The van der Waals surface area contributed by atoms with Gasteiger partial charge in [-0.15, -0.1) is 0 Å². The number of anilines is 1. The molecule has 0 aliphatic carbocycles. The largest absolute Gasteiger partial charge is 0.497 e. The second kappa shape index (κ2) is 6.10. The molecule has 0 saturated carbocycles. The molecule has 0 amide bonds. The molecule has 0 saturated heterocycles. The third kappa shape index (κ3) is 3.62. The Bertz CT molecular complexity index is 538. The van der Waals surface area contributed by atoms with E-state index in [0.717, 1.165) is 11.3 Å². The lowest BCUT2D eigenvalue weighted by molar-refractivity contribution is 0.415. The molecule has 2 nitrogen and oxygen atoms in total. The Morgan fingerprint density at radius 3 is 1.68 bits per heavy atom. The fourth-order valence-electron chi connectivity index (χ4n) is 1.79. The molecule has 0 aliphatic rings. The Balaban J connectivity index is 2.08. The van der Waals surface area contributed by atoms with Crippen LogP contribution in [0.25, 0.3) is 12.2 Å². The third-order valence-electron chi connectivity index (χ3n) is 2.99. The van der Waals surface area contributed by atoms with Gasteiger partial charge in [0, 0.05) is 19.8 Å². The van der Waals surface area contributed by atoms with Crippen molar-refractivity contribution in [2.75, 3.05) is 26.1 Å². The molecule has 2 aromatic rings. The van der Waals surface area contributed by atoms with E-state index in [1.165, 1.54) is 11.3 Å². The van der Waals surface area contributed by atoms with Gasteiger partial charge in [0.15, 0.2) is 0 Å². The molecule has 2 rings (SSSR count). The van der Waals surface area contributed by atoms with Crippen molar-refractivity contribution in [3.05, 3.63) is 59.7 Å². The molecular formula is C17H19NO. The molecule has 2 aromatic carbocycles. The molecule has 0 atom stereocenters. The normalized spacial score (nSPS) is 10.7. The van der Waals surface area contributed by atoms with Gasteiger partial charge >= 0.3 is 0 Å². The molecule has 0 radical (unpaired) electrons. The summed E-state index contributed by atoms with van der Waals surface area (Å²) in [6.45, 7) is 0. The standard InChI is InChI=1S/C17H19NO/c1-18(2)16-10-6-14(7-11-16)4-5-15-8-12-17(19-3)13-9-15/h4-13H,1-3H3/b5-4+. The zero-order chi connectivity index (χ0) is 13.7. The van der Waals surface area contributed by atoms with Gasteiger partial charge in [0.05, 0.1) is 7.11 Å². The minimum Gasteiger partial charge on any atom is -0.497 e. The maximum Gasteiger partial charge on any atom is 0.118 e. The topological polar surface area (TPSA) is 12.5 Å². The van der Waals surface area contributed by atoms with Crippen LogP contribution in [0.1, 0.15) is 11.1 Å². The minimum atomic E-state index is 0.882. The number of hydrogen-bond donors (Lipinski definition) is 0. The molecule has 2 heteroatoms. The van der Waals surface area contributed by atoms with Gasteiger partial charge in [0.25, 0.3) is 0 Å². The highest BCUT2D eigenvalue weighted by Gasteiger charge is 1.94. The van der Waals surface area contributed by atoms with Gasteiger partial charge in [-0.05, 0) is 35.4 Å². The molecule has 0 bridgehead atoms. The SMILES string of the molecule is COc1ccc(/C=C/c2ccc(N(C)C)cc2)cc1. The maximum absolute atomic E-state index is 5.14. The molecule has 0 N–H and O–H groups in total. The summed E-state index contributed by atoms with van der Waals surface area (Å²) in [4.78, 5) is 2.09. The van der Waals surface area contributed by atoms with Crippen molar-refractivity contribution in [2.24, 2.45) is 0 Å². The zero-order valence-electron chi connectivity index (χ0n) is 11.6. The Kier molecular flexibility index (Phi) is 4.24. The second-order valence-corrected chi connectivity index (χ2v) is 4.59. The quantitative estimate of drug-likeness (QED) is 0.765. The first-order valence-electron chi connectivity index (χ1n) is 6.28. The van der Waals surface area contributed by atoms with Gasteiger partial charge in [-0.2, -0.15) is 0 Å². The highest BCUT2D eigenvalue weighted by molar-refractivity contribution is 5.70. The first-order chi connectivity index (χ1) is 9.19. The lowest BCUT2D eigenvalue weighted by Gasteiger charge is -2.11. The van der Waals surface area contributed by atoms with Crippen LogP contribution in [0.2, 0.25) is 0 Å². The summed E-state index contributed by atoms with van der Waals surface area (Å²) in [6, 6.07) is 16.5. The van der Waals surface area contributed by atoms with Crippen LogP contribution in [0, 0.1) is 0 Å². The van der Waals surface area contributed by atoms with Gasteiger partial charge in [-0.1, -0.05) is 36.4 Å².